The minimum atomic E-state index is -1.16. The van der Waals surface area contributed by atoms with Gasteiger partial charge in [-0.15, -0.1) is 0 Å². The third-order valence-electron chi connectivity index (χ3n) is 3.60. The number of hydrogen-bond donors (Lipinski definition) is 1. The van der Waals surface area contributed by atoms with Crippen molar-refractivity contribution in [2.24, 2.45) is 0 Å². The van der Waals surface area contributed by atoms with E-state index in [-0.39, 0.29) is 12.0 Å². The highest BCUT2D eigenvalue weighted by Gasteiger charge is 2.25. The van der Waals surface area contributed by atoms with Gasteiger partial charge in [-0.05, 0) is 67.1 Å². The minimum Gasteiger partial charge on any atom is -0.547 e. The van der Waals surface area contributed by atoms with Crippen molar-refractivity contribution in [3.8, 4) is 5.75 Å². The SMILES string of the molecule is Cc1c(CO)c(C)c(C(C)(C)C)c(C)c1O[SiH](C)C. The Labute approximate surface area is 119 Å². The van der Waals surface area contributed by atoms with E-state index < -0.39 is 9.04 Å². The summed E-state index contributed by atoms with van der Waals surface area (Å²) in [5.74, 6) is 1.00. The van der Waals surface area contributed by atoms with Gasteiger partial charge in [0.15, 0.2) is 0 Å². The average molecular weight is 280 g/mol. The molecule has 0 spiro atoms. The molecule has 1 rings (SSSR count). The molecule has 3 heteroatoms. The van der Waals surface area contributed by atoms with Gasteiger partial charge in [-0.25, -0.2) is 0 Å². The zero-order chi connectivity index (χ0) is 15.0. The Morgan fingerprint density at radius 2 is 1.53 bits per heavy atom. The van der Waals surface area contributed by atoms with E-state index in [9.17, 15) is 5.11 Å². The first-order valence-electron chi connectivity index (χ1n) is 7.01. The molecule has 0 unspecified atom stereocenters. The third-order valence-corrected chi connectivity index (χ3v) is 4.31. The molecule has 0 aromatic heterocycles. The van der Waals surface area contributed by atoms with Crippen LogP contribution in [0.3, 0.4) is 0 Å². The van der Waals surface area contributed by atoms with Gasteiger partial charge in [0.05, 0.1) is 6.61 Å². The third kappa shape index (κ3) is 3.21. The van der Waals surface area contributed by atoms with Gasteiger partial charge in [0.25, 0.3) is 0 Å². The van der Waals surface area contributed by atoms with Crippen LogP contribution in [0.4, 0.5) is 0 Å². The van der Waals surface area contributed by atoms with Crippen molar-refractivity contribution in [3.05, 3.63) is 27.8 Å². The van der Waals surface area contributed by atoms with Crippen molar-refractivity contribution in [1.82, 2.24) is 0 Å². The monoisotopic (exact) mass is 280 g/mol. The van der Waals surface area contributed by atoms with Crippen LogP contribution in [0.1, 0.15) is 48.6 Å². The molecule has 0 heterocycles. The molecular formula is C16H28O2Si. The highest BCUT2D eigenvalue weighted by Crippen LogP contribution is 2.39. The second-order valence-electron chi connectivity index (χ2n) is 6.63. The van der Waals surface area contributed by atoms with Gasteiger partial charge < -0.3 is 9.53 Å². The number of benzene rings is 1. The Bertz CT molecular complexity index is 471. The van der Waals surface area contributed by atoms with Crippen molar-refractivity contribution in [2.75, 3.05) is 0 Å². The van der Waals surface area contributed by atoms with Crippen LogP contribution in [0.15, 0.2) is 0 Å². The van der Waals surface area contributed by atoms with Crippen molar-refractivity contribution < 1.29 is 9.53 Å². The fourth-order valence-electron chi connectivity index (χ4n) is 3.02. The van der Waals surface area contributed by atoms with Crippen molar-refractivity contribution in [3.63, 3.8) is 0 Å². The number of hydrogen-bond acceptors (Lipinski definition) is 2. The Kier molecular flexibility index (Phi) is 4.85. The summed E-state index contributed by atoms with van der Waals surface area (Å²) in [5.41, 5.74) is 5.95. The summed E-state index contributed by atoms with van der Waals surface area (Å²) in [6.45, 7) is 17.4. The summed E-state index contributed by atoms with van der Waals surface area (Å²) in [7, 11) is -1.16. The summed E-state index contributed by atoms with van der Waals surface area (Å²) < 4.78 is 6.14. The Balaban J connectivity index is 3.66. The van der Waals surface area contributed by atoms with Crippen LogP contribution >= 0.6 is 0 Å². The van der Waals surface area contributed by atoms with E-state index >= 15 is 0 Å². The minimum absolute atomic E-state index is 0.0580. The lowest BCUT2D eigenvalue weighted by Crippen LogP contribution is -2.21. The van der Waals surface area contributed by atoms with Crippen molar-refractivity contribution in [2.45, 2.75) is 66.7 Å². The van der Waals surface area contributed by atoms with Crippen molar-refractivity contribution >= 4 is 9.04 Å². The Hall–Kier alpha value is -0.803. The van der Waals surface area contributed by atoms with Crippen LogP contribution in [0.2, 0.25) is 13.1 Å². The van der Waals surface area contributed by atoms with E-state index in [1.807, 2.05) is 0 Å². The van der Waals surface area contributed by atoms with Crippen LogP contribution in [0.25, 0.3) is 0 Å². The van der Waals surface area contributed by atoms with Crippen LogP contribution in [0.5, 0.6) is 5.75 Å². The standard InChI is InChI=1S/C16H28O2Si/c1-10-13(9-17)11(2)15(18-19(7)8)12(3)14(10)16(4,5)6/h17,19H,9H2,1-8H3. The second-order valence-corrected chi connectivity index (χ2v) is 8.97. The molecule has 0 saturated heterocycles. The summed E-state index contributed by atoms with van der Waals surface area (Å²) in [4.78, 5) is 0. The first kappa shape index (κ1) is 16.3. The highest BCUT2D eigenvalue weighted by atomic mass is 28.3. The molecule has 0 bridgehead atoms. The van der Waals surface area contributed by atoms with E-state index in [1.165, 1.54) is 16.7 Å². The largest absolute Gasteiger partial charge is 0.547 e. The maximum atomic E-state index is 9.69. The predicted molar refractivity (Wildman–Crippen MR) is 84.8 cm³/mol. The van der Waals surface area contributed by atoms with Gasteiger partial charge in [0.1, 0.15) is 5.75 Å². The molecule has 0 amide bonds. The second kappa shape index (κ2) is 5.67. The molecule has 2 nitrogen and oxygen atoms in total. The lowest BCUT2D eigenvalue weighted by Gasteiger charge is -2.30. The average Bonchev–Trinajstić information content (AvgIpc) is 2.22. The van der Waals surface area contributed by atoms with E-state index in [0.717, 1.165) is 16.9 Å². The van der Waals surface area contributed by atoms with Crippen molar-refractivity contribution in [1.29, 1.82) is 0 Å². The molecule has 1 aromatic carbocycles. The van der Waals surface area contributed by atoms with Gasteiger partial charge in [0.2, 0.25) is 9.04 Å². The molecule has 108 valence electrons. The molecule has 0 saturated carbocycles. The van der Waals surface area contributed by atoms with Crippen LogP contribution in [0, 0.1) is 20.8 Å². The maximum absolute atomic E-state index is 9.69. The molecule has 0 aliphatic heterocycles. The zero-order valence-electron chi connectivity index (χ0n) is 13.6. The maximum Gasteiger partial charge on any atom is 0.229 e. The van der Waals surface area contributed by atoms with E-state index in [2.05, 4.69) is 54.6 Å². The molecule has 1 N–H and O–H groups in total. The molecule has 1 aromatic rings. The topological polar surface area (TPSA) is 29.5 Å². The van der Waals surface area contributed by atoms with Gasteiger partial charge in [0, 0.05) is 0 Å². The zero-order valence-corrected chi connectivity index (χ0v) is 14.8. The van der Waals surface area contributed by atoms with E-state index in [4.69, 9.17) is 4.43 Å². The first-order chi connectivity index (χ1) is 8.61. The molecule has 0 aliphatic carbocycles. The molecular weight excluding hydrogens is 252 g/mol. The highest BCUT2D eigenvalue weighted by molar-refractivity contribution is 6.49. The smallest absolute Gasteiger partial charge is 0.229 e. The fraction of sp³-hybridized carbons (Fsp3) is 0.625. The van der Waals surface area contributed by atoms with E-state index in [1.54, 1.807) is 0 Å². The van der Waals surface area contributed by atoms with Gasteiger partial charge in [-0.3, -0.25) is 0 Å². The number of rotatable bonds is 3. The molecule has 0 atom stereocenters. The Morgan fingerprint density at radius 3 is 1.89 bits per heavy atom. The predicted octanol–water partition coefficient (Wildman–Crippen LogP) is 3.76. The first-order valence-corrected chi connectivity index (χ1v) is 9.80. The fourth-order valence-corrected chi connectivity index (χ4v) is 3.84. The van der Waals surface area contributed by atoms with Crippen LogP contribution < -0.4 is 4.43 Å². The van der Waals surface area contributed by atoms with Gasteiger partial charge >= 0.3 is 0 Å². The van der Waals surface area contributed by atoms with Gasteiger partial charge in [-0.2, -0.15) is 0 Å². The Morgan fingerprint density at radius 1 is 1.00 bits per heavy atom. The molecule has 0 fully saturated rings. The summed E-state index contributed by atoms with van der Waals surface area (Å²) in [6, 6.07) is 0. The molecule has 0 radical (unpaired) electrons. The number of aliphatic hydroxyl groups is 1. The quantitative estimate of drug-likeness (QED) is 0.854. The van der Waals surface area contributed by atoms with Crippen LogP contribution in [-0.4, -0.2) is 14.1 Å². The summed E-state index contributed by atoms with van der Waals surface area (Å²) in [6.07, 6.45) is 0. The molecule has 0 aliphatic rings. The number of aliphatic hydroxyl groups excluding tert-OH is 1. The summed E-state index contributed by atoms with van der Waals surface area (Å²) in [5, 5.41) is 9.69. The lowest BCUT2D eigenvalue weighted by molar-refractivity contribution is 0.279. The van der Waals surface area contributed by atoms with Crippen LogP contribution in [-0.2, 0) is 12.0 Å². The van der Waals surface area contributed by atoms with Gasteiger partial charge in [-0.1, -0.05) is 20.8 Å². The molecule has 19 heavy (non-hydrogen) atoms. The summed E-state index contributed by atoms with van der Waals surface area (Å²) >= 11 is 0. The normalized spacial score (nSPS) is 12.1. The lowest BCUT2D eigenvalue weighted by atomic mass is 9.78. The van der Waals surface area contributed by atoms with E-state index in [0.29, 0.717) is 0 Å².